The average molecular weight is 423 g/mol. The summed E-state index contributed by atoms with van der Waals surface area (Å²) >= 11 is 0. The standard InChI is InChI=1S/C33H26/c1-33(2)30-21-11-10-19-29(30)32-28(20-12-22-31(32)33)27-18-9-8-17-26(27)25-16-7-6-15-24(25)23-13-4-3-5-14-23/h3-22H,1-2H3. The second-order valence-corrected chi connectivity index (χ2v) is 9.36. The Hall–Kier alpha value is -3.90. The first-order chi connectivity index (χ1) is 16.2. The van der Waals surface area contributed by atoms with Gasteiger partial charge in [0.2, 0.25) is 0 Å². The quantitative estimate of drug-likeness (QED) is 0.272. The van der Waals surface area contributed by atoms with Crippen LogP contribution in [0.5, 0.6) is 0 Å². The van der Waals surface area contributed by atoms with Gasteiger partial charge < -0.3 is 0 Å². The first-order valence-electron chi connectivity index (χ1n) is 11.6. The maximum absolute atomic E-state index is 2.35. The molecule has 0 N–H and O–H groups in total. The van der Waals surface area contributed by atoms with Crippen molar-refractivity contribution in [2.24, 2.45) is 0 Å². The minimum atomic E-state index is -0.00116. The summed E-state index contributed by atoms with van der Waals surface area (Å²) in [6.45, 7) is 4.69. The fraction of sp³-hybridized carbons (Fsp3) is 0.0909. The largest absolute Gasteiger partial charge is 0.0622 e. The van der Waals surface area contributed by atoms with Crippen molar-refractivity contribution in [2.75, 3.05) is 0 Å². The summed E-state index contributed by atoms with van der Waals surface area (Å²) in [6, 6.07) is 44.0. The molecule has 0 saturated carbocycles. The van der Waals surface area contributed by atoms with Gasteiger partial charge in [-0.1, -0.05) is 135 Å². The van der Waals surface area contributed by atoms with E-state index in [9.17, 15) is 0 Å². The maximum Gasteiger partial charge on any atom is 0.0159 e. The van der Waals surface area contributed by atoms with Gasteiger partial charge in [-0.15, -0.1) is 0 Å². The van der Waals surface area contributed by atoms with E-state index >= 15 is 0 Å². The summed E-state index contributed by atoms with van der Waals surface area (Å²) in [6.07, 6.45) is 0. The van der Waals surface area contributed by atoms with Crippen molar-refractivity contribution in [2.45, 2.75) is 19.3 Å². The SMILES string of the molecule is CC1(C)c2ccccc2-c2c(-c3ccccc3-c3ccccc3-c3ccccc3)cccc21. The molecule has 5 aromatic rings. The third-order valence-corrected chi connectivity index (χ3v) is 7.13. The van der Waals surface area contributed by atoms with E-state index in [0.717, 1.165) is 0 Å². The van der Waals surface area contributed by atoms with Gasteiger partial charge in [-0.25, -0.2) is 0 Å². The van der Waals surface area contributed by atoms with Crippen molar-refractivity contribution in [3.8, 4) is 44.5 Å². The van der Waals surface area contributed by atoms with Gasteiger partial charge in [-0.2, -0.15) is 0 Å². The van der Waals surface area contributed by atoms with Crippen LogP contribution in [0, 0.1) is 0 Å². The summed E-state index contributed by atoms with van der Waals surface area (Å²) in [7, 11) is 0. The fourth-order valence-corrected chi connectivity index (χ4v) is 5.52. The Morgan fingerprint density at radius 1 is 0.364 bits per heavy atom. The molecule has 0 spiro atoms. The average Bonchev–Trinajstić information content (AvgIpc) is 3.12. The lowest BCUT2D eigenvalue weighted by Gasteiger charge is -2.22. The highest BCUT2D eigenvalue weighted by molar-refractivity contribution is 5.99. The predicted octanol–water partition coefficient (Wildman–Crippen LogP) is 8.99. The monoisotopic (exact) mass is 422 g/mol. The number of rotatable bonds is 3. The number of benzene rings is 5. The van der Waals surface area contributed by atoms with E-state index in [0.29, 0.717) is 0 Å². The zero-order valence-corrected chi connectivity index (χ0v) is 19.0. The van der Waals surface area contributed by atoms with Gasteiger partial charge in [0.15, 0.2) is 0 Å². The molecule has 0 bridgehead atoms. The molecule has 0 atom stereocenters. The van der Waals surface area contributed by atoms with Crippen molar-refractivity contribution >= 4 is 0 Å². The Morgan fingerprint density at radius 3 is 1.52 bits per heavy atom. The zero-order chi connectivity index (χ0) is 22.4. The van der Waals surface area contributed by atoms with Crippen molar-refractivity contribution in [3.63, 3.8) is 0 Å². The molecule has 0 fully saturated rings. The van der Waals surface area contributed by atoms with Crippen molar-refractivity contribution in [3.05, 3.63) is 132 Å². The van der Waals surface area contributed by atoms with Crippen LogP contribution in [-0.2, 0) is 5.41 Å². The van der Waals surface area contributed by atoms with E-state index in [2.05, 4.69) is 135 Å². The molecule has 0 radical (unpaired) electrons. The number of fused-ring (bicyclic) bond motifs is 3. The highest BCUT2D eigenvalue weighted by Gasteiger charge is 2.36. The maximum atomic E-state index is 2.35. The van der Waals surface area contributed by atoms with Crippen molar-refractivity contribution in [1.82, 2.24) is 0 Å². The van der Waals surface area contributed by atoms with Crippen molar-refractivity contribution in [1.29, 1.82) is 0 Å². The zero-order valence-electron chi connectivity index (χ0n) is 19.0. The van der Waals surface area contributed by atoms with E-state index in [1.165, 1.54) is 55.6 Å². The molecule has 158 valence electrons. The molecule has 0 nitrogen and oxygen atoms in total. The second kappa shape index (κ2) is 7.60. The van der Waals surface area contributed by atoms with Gasteiger partial charge in [-0.05, 0) is 55.6 Å². The van der Waals surface area contributed by atoms with Crippen LogP contribution in [0.15, 0.2) is 121 Å². The molecule has 0 unspecified atom stereocenters. The normalized spacial score (nSPS) is 13.4. The third kappa shape index (κ3) is 3.06. The molecule has 0 aliphatic heterocycles. The molecule has 0 heterocycles. The molecular weight excluding hydrogens is 396 g/mol. The van der Waals surface area contributed by atoms with Crippen LogP contribution < -0.4 is 0 Å². The summed E-state index contributed by atoms with van der Waals surface area (Å²) < 4.78 is 0. The third-order valence-electron chi connectivity index (χ3n) is 7.13. The summed E-state index contributed by atoms with van der Waals surface area (Å²) in [4.78, 5) is 0. The molecule has 0 heteroatoms. The topological polar surface area (TPSA) is 0 Å². The van der Waals surface area contributed by atoms with Gasteiger partial charge in [0, 0.05) is 5.41 Å². The Morgan fingerprint density at radius 2 is 0.818 bits per heavy atom. The first kappa shape index (κ1) is 19.8. The lowest BCUT2D eigenvalue weighted by Crippen LogP contribution is -2.14. The lowest BCUT2D eigenvalue weighted by atomic mass is 9.81. The number of hydrogen-bond acceptors (Lipinski definition) is 0. The van der Waals surface area contributed by atoms with Crippen LogP contribution in [0.2, 0.25) is 0 Å². The molecule has 6 rings (SSSR count). The number of hydrogen-bond donors (Lipinski definition) is 0. The summed E-state index contributed by atoms with van der Waals surface area (Å²) in [5, 5.41) is 0. The summed E-state index contributed by atoms with van der Waals surface area (Å²) in [5.41, 5.74) is 13.2. The Balaban J connectivity index is 1.62. The van der Waals surface area contributed by atoms with Gasteiger partial charge in [0.05, 0.1) is 0 Å². The Labute approximate surface area is 196 Å². The molecule has 5 aromatic carbocycles. The molecule has 1 aliphatic carbocycles. The molecule has 33 heavy (non-hydrogen) atoms. The molecular formula is C33H26. The van der Waals surface area contributed by atoms with E-state index in [1.807, 2.05) is 0 Å². The van der Waals surface area contributed by atoms with E-state index in [4.69, 9.17) is 0 Å². The van der Waals surface area contributed by atoms with Gasteiger partial charge in [0.25, 0.3) is 0 Å². The molecule has 0 aromatic heterocycles. The Kier molecular flexibility index (Phi) is 4.55. The van der Waals surface area contributed by atoms with Gasteiger partial charge in [0.1, 0.15) is 0 Å². The van der Waals surface area contributed by atoms with Crippen LogP contribution in [0.25, 0.3) is 44.5 Å². The second-order valence-electron chi connectivity index (χ2n) is 9.36. The van der Waals surface area contributed by atoms with Crippen LogP contribution in [0.4, 0.5) is 0 Å². The van der Waals surface area contributed by atoms with Crippen LogP contribution >= 0.6 is 0 Å². The first-order valence-corrected chi connectivity index (χ1v) is 11.6. The fourth-order valence-electron chi connectivity index (χ4n) is 5.52. The highest BCUT2D eigenvalue weighted by Crippen LogP contribution is 2.53. The van der Waals surface area contributed by atoms with Gasteiger partial charge >= 0.3 is 0 Å². The van der Waals surface area contributed by atoms with Crippen LogP contribution in [0.3, 0.4) is 0 Å². The van der Waals surface area contributed by atoms with Gasteiger partial charge in [-0.3, -0.25) is 0 Å². The van der Waals surface area contributed by atoms with E-state index < -0.39 is 0 Å². The smallest absolute Gasteiger partial charge is 0.0159 e. The highest BCUT2D eigenvalue weighted by atomic mass is 14.4. The van der Waals surface area contributed by atoms with E-state index in [1.54, 1.807) is 0 Å². The predicted molar refractivity (Wildman–Crippen MR) is 140 cm³/mol. The molecule has 0 saturated heterocycles. The molecule has 1 aliphatic rings. The van der Waals surface area contributed by atoms with E-state index in [-0.39, 0.29) is 5.41 Å². The van der Waals surface area contributed by atoms with Crippen LogP contribution in [-0.4, -0.2) is 0 Å². The molecule has 0 amide bonds. The van der Waals surface area contributed by atoms with Crippen molar-refractivity contribution < 1.29 is 0 Å². The lowest BCUT2D eigenvalue weighted by molar-refractivity contribution is 0.660. The summed E-state index contributed by atoms with van der Waals surface area (Å²) in [5.74, 6) is 0. The van der Waals surface area contributed by atoms with Crippen LogP contribution in [0.1, 0.15) is 25.0 Å². The minimum absolute atomic E-state index is 0.00116. The Bertz CT molecular complexity index is 1470. The minimum Gasteiger partial charge on any atom is -0.0622 e.